The third-order valence-electron chi connectivity index (χ3n) is 1.74. The summed E-state index contributed by atoms with van der Waals surface area (Å²) in [5.74, 6) is -0.460. The van der Waals surface area contributed by atoms with Crippen molar-refractivity contribution in [3.8, 4) is 0 Å². The summed E-state index contributed by atoms with van der Waals surface area (Å²) in [6.07, 6.45) is -0.00579. The van der Waals surface area contributed by atoms with Gasteiger partial charge >= 0.3 is 5.97 Å². The van der Waals surface area contributed by atoms with Gasteiger partial charge in [0, 0.05) is 15.5 Å². The van der Waals surface area contributed by atoms with Gasteiger partial charge in [0.2, 0.25) is 0 Å². The number of carboxylic acids is 1. The Morgan fingerprint density at radius 1 is 1.55 bits per heavy atom. The van der Waals surface area contributed by atoms with Crippen LogP contribution in [0.3, 0.4) is 0 Å². The highest BCUT2D eigenvalue weighted by molar-refractivity contribution is 7.93. The molecule has 0 heterocycles. The lowest BCUT2D eigenvalue weighted by Gasteiger charge is -2.03. The summed E-state index contributed by atoms with van der Waals surface area (Å²) in [6.45, 7) is 0. The Labute approximate surface area is 80.4 Å². The van der Waals surface area contributed by atoms with Gasteiger partial charge in [-0.2, -0.15) is 12.6 Å². The Kier molecular flexibility index (Phi) is 2.32. The first-order chi connectivity index (χ1) is 5.04. The van der Waals surface area contributed by atoms with Crippen molar-refractivity contribution in [2.75, 3.05) is 5.75 Å². The minimum absolute atomic E-state index is 0.00579. The van der Waals surface area contributed by atoms with E-state index in [1.165, 1.54) is 0 Å². The van der Waals surface area contributed by atoms with Gasteiger partial charge in [-0.1, -0.05) is 24.4 Å². The lowest BCUT2D eigenvalue weighted by Crippen LogP contribution is -2.13. The van der Waals surface area contributed by atoms with Crippen LogP contribution < -0.4 is 0 Å². The van der Waals surface area contributed by atoms with Crippen molar-refractivity contribution >= 4 is 52.8 Å². The minimum atomic E-state index is -0.874. The van der Waals surface area contributed by atoms with Gasteiger partial charge in [-0.05, 0) is 0 Å². The summed E-state index contributed by atoms with van der Waals surface area (Å²) in [5, 5.41) is 8.50. The second-order valence-electron chi connectivity index (χ2n) is 2.47. The summed E-state index contributed by atoms with van der Waals surface area (Å²) in [7, 11) is 0. The monoisotopic (exact) mass is 206 g/mol. The Morgan fingerprint density at radius 2 is 2.00 bits per heavy atom. The second kappa shape index (κ2) is 2.80. The number of aliphatic carboxylic acids is 1. The van der Waals surface area contributed by atoms with Gasteiger partial charge in [-0.3, -0.25) is 4.79 Å². The van der Waals surface area contributed by atoms with E-state index in [2.05, 4.69) is 12.6 Å². The van der Waals surface area contributed by atoms with Crippen molar-refractivity contribution in [2.24, 2.45) is 5.41 Å². The highest BCUT2D eigenvalue weighted by Gasteiger charge is 2.56. The topological polar surface area (TPSA) is 37.3 Å². The summed E-state index contributed by atoms with van der Waals surface area (Å²) < 4.78 is 0. The van der Waals surface area contributed by atoms with Gasteiger partial charge in [0.1, 0.15) is 0 Å². The third-order valence-corrected chi connectivity index (χ3v) is 3.59. The van der Waals surface area contributed by atoms with Gasteiger partial charge < -0.3 is 5.11 Å². The maximum Gasteiger partial charge on any atom is 0.304 e. The number of thiol groups is 1. The van der Waals surface area contributed by atoms with Crippen LogP contribution in [0.2, 0.25) is 0 Å². The molecule has 0 radical (unpaired) electrons. The number of carboxylic acid groups (broad SMARTS) is 1. The molecule has 0 aromatic heterocycles. The predicted molar refractivity (Wildman–Crippen MR) is 53.7 cm³/mol. The van der Waals surface area contributed by atoms with E-state index in [9.17, 15) is 4.79 Å². The highest BCUT2D eigenvalue weighted by Crippen LogP contribution is 2.44. The molecular weight excluding hydrogens is 200 g/mol. The van der Waals surface area contributed by atoms with Crippen LogP contribution in [-0.2, 0) is 4.79 Å². The molecule has 1 aliphatic carbocycles. The number of rotatable bonds is 3. The molecule has 60 valence electrons. The van der Waals surface area contributed by atoms with Crippen LogP contribution in [0.5, 0.6) is 0 Å². The third kappa shape index (κ3) is 1.32. The van der Waals surface area contributed by atoms with Gasteiger partial charge in [-0.15, -0.1) is 0 Å². The van der Waals surface area contributed by atoms with E-state index < -0.39 is 11.4 Å². The molecule has 1 rings (SSSR count). The summed E-state index contributed by atoms with van der Waals surface area (Å²) in [5.41, 5.74) is -0.542. The van der Waals surface area contributed by atoms with E-state index in [1.54, 1.807) is 0 Å². The molecule has 0 aliphatic heterocycles. The lowest BCUT2D eigenvalue weighted by atomic mass is 10.1. The zero-order chi connectivity index (χ0) is 8.65. The molecule has 1 fully saturated rings. The fourth-order valence-electron chi connectivity index (χ4n) is 0.923. The second-order valence-corrected chi connectivity index (χ2v) is 3.60. The molecule has 1 saturated carbocycles. The Morgan fingerprint density at radius 3 is 2.09 bits per heavy atom. The van der Waals surface area contributed by atoms with E-state index in [0.717, 1.165) is 0 Å². The standard InChI is InChI=1S/C6H6O2S3/c7-3(8)1-6(2-9)4(10)5(6)11/h9H,1-2H2,(H,7,8). The molecule has 11 heavy (non-hydrogen) atoms. The van der Waals surface area contributed by atoms with E-state index in [0.29, 0.717) is 15.5 Å². The van der Waals surface area contributed by atoms with Crippen molar-refractivity contribution < 1.29 is 9.90 Å². The molecule has 0 atom stereocenters. The zero-order valence-corrected chi connectivity index (χ0v) is 8.06. The molecule has 2 nitrogen and oxygen atoms in total. The molecule has 0 aromatic rings. The maximum absolute atomic E-state index is 10.4. The Balaban J connectivity index is 2.74. The van der Waals surface area contributed by atoms with Crippen molar-refractivity contribution in [3.63, 3.8) is 0 Å². The summed E-state index contributed by atoms with van der Waals surface area (Å²) in [6, 6.07) is 0. The van der Waals surface area contributed by atoms with E-state index in [1.807, 2.05) is 0 Å². The normalized spacial score (nSPS) is 20.1. The van der Waals surface area contributed by atoms with E-state index in [-0.39, 0.29) is 6.42 Å². The van der Waals surface area contributed by atoms with E-state index >= 15 is 0 Å². The molecular formula is C6H6O2S3. The molecule has 0 amide bonds. The lowest BCUT2D eigenvalue weighted by molar-refractivity contribution is -0.137. The molecule has 0 saturated heterocycles. The number of thiocarbonyl (C=S) groups is 2. The van der Waals surface area contributed by atoms with Crippen LogP contribution in [0.1, 0.15) is 6.42 Å². The van der Waals surface area contributed by atoms with Crippen LogP contribution in [0, 0.1) is 5.41 Å². The Bertz CT molecular complexity index is 232. The molecule has 0 spiro atoms. The molecule has 0 bridgehead atoms. The Hall–Kier alpha value is -0.0000000000000000555. The largest absolute Gasteiger partial charge is 0.481 e. The summed E-state index contributed by atoms with van der Waals surface area (Å²) >= 11 is 13.8. The smallest absolute Gasteiger partial charge is 0.304 e. The molecule has 1 aliphatic rings. The summed E-state index contributed by atoms with van der Waals surface area (Å²) in [4.78, 5) is 11.6. The van der Waals surface area contributed by atoms with Crippen molar-refractivity contribution in [1.82, 2.24) is 0 Å². The average molecular weight is 206 g/mol. The van der Waals surface area contributed by atoms with Crippen molar-refractivity contribution in [1.29, 1.82) is 0 Å². The molecule has 5 heteroatoms. The minimum Gasteiger partial charge on any atom is -0.481 e. The van der Waals surface area contributed by atoms with Crippen LogP contribution in [0.25, 0.3) is 0 Å². The average Bonchev–Trinajstić information content (AvgIpc) is 2.41. The number of carbonyl (C=O) groups is 1. The number of hydrogen-bond acceptors (Lipinski definition) is 4. The SMILES string of the molecule is O=C(O)CC1(CS)C(=S)C1=S. The van der Waals surface area contributed by atoms with Crippen molar-refractivity contribution in [3.05, 3.63) is 0 Å². The first-order valence-corrected chi connectivity index (χ1v) is 4.41. The molecule has 0 aromatic carbocycles. The molecule has 1 N–H and O–H groups in total. The van der Waals surface area contributed by atoms with Crippen LogP contribution in [0.15, 0.2) is 0 Å². The zero-order valence-electron chi connectivity index (χ0n) is 5.53. The van der Waals surface area contributed by atoms with E-state index in [4.69, 9.17) is 29.5 Å². The highest BCUT2D eigenvalue weighted by atomic mass is 32.1. The first-order valence-electron chi connectivity index (χ1n) is 2.96. The predicted octanol–water partition coefficient (Wildman–Crippen LogP) is 1.13. The van der Waals surface area contributed by atoms with Crippen LogP contribution in [0.4, 0.5) is 0 Å². The first kappa shape index (κ1) is 9.09. The maximum atomic E-state index is 10.4. The van der Waals surface area contributed by atoms with Crippen molar-refractivity contribution in [2.45, 2.75) is 6.42 Å². The molecule has 0 unspecified atom stereocenters. The van der Waals surface area contributed by atoms with Crippen LogP contribution >= 0.6 is 37.1 Å². The fraction of sp³-hybridized carbons (Fsp3) is 0.500. The quantitative estimate of drug-likeness (QED) is 0.536. The van der Waals surface area contributed by atoms with Gasteiger partial charge in [0.25, 0.3) is 0 Å². The van der Waals surface area contributed by atoms with Crippen LogP contribution in [-0.4, -0.2) is 26.6 Å². The fourth-order valence-corrected chi connectivity index (χ4v) is 2.41. The van der Waals surface area contributed by atoms with Gasteiger partial charge in [0.15, 0.2) is 0 Å². The van der Waals surface area contributed by atoms with Gasteiger partial charge in [-0.25, -0.2) is 0 Å². The number of hydrogen-bond donors (Lipinski definition) is 2. The van der Waals surface area contributed by atoms with Gasteiger partial charge in [0.05, 0.1) is 11.8 Å².